The van der Waals surface area contributed by atoms with Gasteiger partial charge >= 0.3 is 0 Å². The summed E-state index contributed by atoms with van der Waals surface area (Å²) in [5.74, 6) is 0. The molecule has 0 saturated carbocycles. The maximum absolute atomic E-state index is 10.4. The van der Waals surface area contributed by atoms with E-state index in [1.165, 1.54) is 0 Å². The Labute approximate surface area is 117 Å². The topological polar surface area (TPSA) is 35.5 Å². The number of β-amino-alcohol motifs (C(OH)–C–C–N with tert-alkyl or cyclic N) is 1. The zero-order valence-electron chi connectivity index (χ0n) is 11.2. The van der Waals surface area contributed by atoms with Crippen LogP contribution in [0.4, 0.5) is 5.69 Å². The van der Waals surface area contributed by atoms with Gasteiger partial charge in [-0.3, -0.25) is 0 Å². The molecule has 3 nitrogen and oxygen atoms in total. The van der Waals surface area contributed by atoms with Crippen molar-refractivity contribution in [1.29, 1.82) is 0 Å². The zero-order chi connectivity index (χ0) is 13.4. The first-order chi connectivity index (χ1) is 8.27. The molecule has 100 valence electrons. The third-order valence-corrected chi connectivity index (χ3v) is 3.73. The largest absolute Gasteiger partial charge is 0.387 e. The van der Waals surface area contributed by atoms with Gasteiger partial charge in [0.1, 0.15) is 0 Å². The SMILES string of the molecule is CC1(O)CNC(C)(C)CN(c2cccc(Br)c2)C1. The van der Waals surface area contributed by atoms with Crippen LogP contribution >= 0.6 is 15.9 Å². The Balaban J connectivity index is 2.29. The fourth-order valence-corrected chi connectivity index (χ4v) is 2.73. The molecule has 1 aliphatic heterocycles. The number of rotatable bonds is 1. The number of anilines is 1. The standard InChI is InChI=1S/C14H21BrN2O/c1-13(2)9-17(10-14(3,18)8-16-13)12-6-4-5-11(15)7-12/h4-7,16,18H,8-10H2,1-3H3. The van der Waals surface area contributed by atoms with E-state index in [1.807, 2.05) is 19.1 Å². The van der Waals surface area contributed by atoms with Crippen LogP contribution in [0.5, 0.6) is 0 Å². The average molecular weight is 313 g/mol. The molecule has 1 heterocycles. The Morgan fingerprint density at radius 2 is 2.00 bits per heavy atom. The van der Waals surface area contributed by atoms with E-state index in [2.05, 4.69) is 52.1 Å². The highest BCUT2D eigenvalue weighted by Crippen LogP contribution is 2.25. The van der Waals surface area contributed by atoms with Crippen molar-refractivity contribution in [2.24, 2.45) is 0 Å². The number of halogens is 1. The maximum Gasteiger partial charge on any atom is 0.0917 e. The monoisotopic (exact) mass is 312 g/mol. The Kier molecular flexibility index (Phi) is 3.72. The fraction of sp³-hybridized carbons (Fsp3) is 0.571. The summed E-state index contributed by atoms with van der Waals surface area (Å²) in [6.45, 7) is 8.34. The molecule has 1 aromatic rings. The summed E-state index contributed by atoms with van der Waals surface area (Å²) in [4.78, 5) is 2.24. The zero-order valence-corrected chi connectivity index (χ0v) is 12.8. The molecule has 1 aromatic carbocycles. The summed E-state index contributed by atoms with van der Waals surface area (Å²) in [6, 6.07) is 8.22. The lowest BCUT2D eigenvalue weighted by Crippen LogP contribution is -2.47. The summed E-state index contributed by atoms with van der Waals surface area (Å²) < 4.78 is 1.06. The molecular weight excluding hydrogens is 292 g/mol. The minimum atomic E-state index is -0.712. The number of hydrogen-bond acceptors (Lipinski definition) is 3. The van der Waals surface area contributed by atoms with Gasteiger partial charge in [-0.2, -0.15) is 0 Å². The van der Waals surface area contributed by atoms with Crippen LogP contribution in [0.3, 0.4) is 0 Å². The van der Waals surface area contributed by atoms with Crippen molar-refractivity contribution in [2.45, 2.75) is 31.9 Å². The van der Waals surface area contributed by atoms with Crippen molar-refractivity contribution < 1.29 is 5.11 Å². The average Bonchev–Trinajstić information content (AvgIpc) is 2.36. The maximum atomic E-state index is 10.4. The van der Waals surface area contributed by atoms with Gasteiger partial charge in [0.25, 0.3) is 0 Å². The predicted molar refractivity (Wildman–Crippen MR) is 79.1 cm³/mol. The highest BCUT2D eigenvalue weighted by molar-refractivity contribution is 9.10. The summed E-state index contributed by atoms with van der Waals surface area (Å²) in [6.07, 6.45) is 0. The molecule has 1 unspecified atom stereocenters. The van der Waals surface area contributed by atoms with E-state index in [1.54, 1.807) is 0 Å². The van der Waals surface area contributed by atoms with Gasteiger partial charge < -0.3 is 15.3 Å². The minimum absolute atomic E-state index is 0.0111. The molecule has 0 aromatic heterocycles. The van der Waals surface area contributed by atoms with Crippen molar-refractivity contribution >= 4 is 21.6 Å². The Hall–Kier alpha value is -0.580. The second-order valence-corrected chi connectivity index (χ2v) is 6.99. The molecule has 0 bridgehead atoms. The molecule has 1 fully saturated rings. The van der Waals surface area contributed by atoms with Crippen molar-refractivity contribution in [3.8, 4) is 0 Å². The van der Waals surface area contributed by atoms with E-state index in [0.717, 1.165) is 16.7 Å². The molecule has 1 atom stereocenters. The molecule has 4 heteroatoms. The number of nitrogens with zero attached hydrogens (tertiary/aromatic N) is 1. The number of benzene rings is 1. The van der Waals surface area contributed by atoms with Gasteiger partial charge in [-0.1, -0.05) is 22.0 Å². The van der Waals surface area contributed by atoms with Gasteiger partial charge in [0, 0.05) is 35.3 Å². The molecule has 1 saturated heterocycles. The first kappa shape index (κ1) is 13.8. The first-order valence-corrected chi connectivity index (χ1v) is 7.05. The molecule has 1 aliphatic rings. The Morgan fingerprint density at radius 1 is 1.28 bits per heavy atom. The van der Waals surface area contributed by atoms with Crippen LogP contribution in [-0.4, -0.2) is 35.9 Å². The Bertz CT molecular complexity index is 414. The van der Waals surface area contributed by atoms with Crippen LogP contribution in [0.15, 0.2) is 28.7 Å². The fourth-order valence-electron chi connectivity index (χ4n) is 2.34. The van der Waals surface area contributed by atoms with Gasteiger partial charge in [0.05, 0.1) is 5.60 Å². The lowest BCUT2D eigenvalue weighted by Gasteiger charge is -2.32. The number of nitrogens with one attached hydrogen (secondary N) is 1. The third kappa shape index (κ3) is 3.46. The molecule has 0 radical (unpaired) electrons. The quantitative estimate of drug-likeness (QED) is 0.836. The number of hydrogen-bond donors (Lipinski definition) is 2. The predicted octanol–water partition coefficient (Wildman–Crippen LogP) is 2.39. The summed E-state index contributed by atoms with van der Waals surface area (Å²) in [7, 11) is 0. The van der Waals surface area contributed by atoms with Gasteiger partial charge in [-0.15, -0.1) is 0 Å². The molecule has 2 rings (SSSR count). The summed E-state index contributed by atoms with van der Waals surface area (Å²) in [5, 5.41) is 13.8. The van der Waals surface area contributed by atoms with Crippen LogP contribution in [0.1, 0.15) is 20.8 Å². The highest BCUT2D eigenvalue weighted by Gasteiger charge is 2.34. The molecular formula is C14H21BrN2O. The lowest BCUT2D eigenvalue weighted by atomic mass is 10.1. The van der Waals surface area contributed by atoms with Crippen LogP contribution in [0.2, 0.25) is 0 Å². The smallest absolute Gasteiger partial charge is 0.0917 e. The van der Waals surface area contributed by atoms with Gasteiger partial charge in [-0.05, 0) is 39.0 Å². The van der Waals surface area contributed by atoms with E-state index in [9.17, 15) is 5.11 Å². The van der Waals surface area contributed by atoms with Crippen molar-refractivity contribution in [3.63, 3.8) is 0 Å². The minimum Gasteiger partial charge on any atom is -0.387 e. The van der Waals surface area contributed by atoms with E-state index in [4.69, 9.17) is 0 Å². The number of aliphatic hydroxyl groups is 1. The first-order valence-electron chi connectivity index (χ1n) is 6.25. The third-order valence-electron chi connectivity index (χ3n) is 3.24. The van der Waals surface area contributed by atoms with E-state index in [0.29, 0.717) is 13.1 Å². The molecule has 2 N–H and O–H groups in total. The van der Waals surface area contributed by atoms with Gasteiger partial charge in [0.2, 0.25) is 0 Å². The van der Waals surface area contributed by atoms with E-state index < -0.39 is 5.60 Å². The Morgan fingerprint density at radius 3 is 2.67 bits per heavy atom. The molecule has 18 heavy (non-hydrogen) atoms. The second kappa shape index (κ2) is 4.83. The molecule has 0 aliphatic carbocycles. The normalized spacial score (nSPS) is 27.9. The van der Waals surface area contributed by atoms with Gasteiger partial charge in [0.15, 0.2) is 0 Å². The van der Waals surface area contributed by atoms with Crippen LogP contribution in [-0.2, 0) is 0 Å². The van der Waals surface area contributed by atoms with Crippen LogP contribution in [0, 0.1) is 0 Å². The molecule has 0 spiro atoms. The molecule has 0 amide bonds. The van der Waals surface area contributed by atoms with Crippen LogP contribution in [0.25, 0.3) is 0 Å². The second-order valence-electron chi connectivity index (χ2n) is 6.07. The van der Waals surface area contributed by atoms with Crippen molar-refractivity contribution in [3.05, 3.63) is 28.7 Å². The summed E-state index contributed by atoms with van der Waals surface area (Å²) in [5.41, 5.74) is 0.417. The van der Waals surface area contributed by atoms with Crippen LogP contribution < -0.4 is 10.2 Å². The van der Waals surface area contributed by atoms with Crippen molar-refractivity contribution in [1.82, 2.24) is 5.32 Å². The van der Waals surface area contributed by atoms with E-state index >= 15 is 0 Å². The van der Waals surface area contributed by atoms with Gasteiger partial charge in [-0.25, -0.2) is 0 Å². The van der Waals surface area contributed by atoms with Crippen molar-refractivity contribution in [2.75, 3.05) is 24.5 Å². The highest BCUT2D eigenvalue weighted by atomic mass is 79.9. The summed E-state index contributed by atoms with van der Waals surface area (Å²) >= 11 is 3.50. The lowest BCUT2D eigenvalue weighted by molar-refractivity contribution is 0.0696. The van der Waals surface area contributed by atoms with E-state index in [-0.39, 0.29) is 5.54 Å².